The van der Waals surface area contributed by atoms with Gasteiger partial charge in [0, 0.05) is 12.0 Å². The summed E-state index contributed by atoms with van der Waals surface area (Å²) in [5.74, 6) is 0.716. The van der Waals surface area contributed by atoms with Gasteiger partial charge in [-0.1, -0.05) is 18.2 Å². The van der Waals surface area contributed by atoms with E-state index in [0.29, 0.717) is 18.8 Å². The molecule has 2 unspecified atom stereocenters. The highest BCUT2D eigenvalue weighted by molar-refractivity contribution is 7.90. The van der Waals surface area contributed by atoms with E-state index in [0.717, 1.165) is 5.56 Å². The van der Waals surface area contributed by atoms with Crippen LogP contribution in [0.25, 0.3) is 0 Å². The zero-order chi connectivity index (χ0) is 13.2. The van der Waals surface area contributed by atoms with E-state index in [-0.39, 0.29) is 12.6 Å². The van der Waals surface area contributed by atoms with E-state index >= 15 is 0 Å². The number of aliphatic hydroxyl groups is 1. The Hall–Kier alpha value is -1.11. The topological polar surface area (TPSA) is 75.6 Å². The fourth-order valence-corrected chi connectivity index (χ4v) is 2.95. The minimum absolute atomic E-state index is 0.283. The first-order valence-corrected chi connectivity index (χ1v) is 7.43. The molecule has 1 aliphatic rings. The maximum Gasteiger partial charge on any atom is 0.217 e. The van der Waals surface area contributed by atoms with Crippen LogP contribution in [0.3, 0.4) is 0 Å². The van der Waals surface area contributed by atoms with Gasteiger partial charge in [-0.25, -0.2) is 13.1 Å². The summed E-state index contributed by atoms with van der Waals surface area (Å²) in [6.45, 7) is 1.57. The second-order valence-corrected chi connectivity index (χ2v) is 6.51. The normalized spacial score (nSPS) is 20.9. The lowest BCUT2D eigenvalue weighted by molar-refractivity contribution is 0.261. The number of hydrogen-bond acceptors (Lipinski definition) is 4. The molecule has 0 fully saturated rings. The number of fused-ring (bicyclic) bond motifs is 1. The van der Waals surface area contributed by atoms with E-state index in [9.17, 15) is 8.42 Å². The molecule has 5 nitrogen and oxygen atoms in total. The molecule has 0 amide bonds. The molecule has 0 aromatic heterocycles. The maximum absolute atomic E-state index is 11.9. The number of hydrogen-bond donors (Lipinski definition) is 2. The average Bonchev–Trinajstić information content (AvgIpc) is 2.38. The molecule has 0 aliphatic carbocycles. The van der Waals surface area contributed by atoms with Crippen molar-refractivity contribution in [2.45, 2.75) is 24.6 Å². The highest BCUT2D eigenvalue weighted by Gasteiger charge is 2.28. The van der Waals surface area contributed by atoms with Gasteiger partial charge in [0.2, 0.25) is 10.0 Å². The summed E-state index contributed by atoms with van der Waals surface area (Å²) in [5.41, 5.74) is 0.845. The summed E-state index contributed by atoms with van der Waals surface area (Å²) < 4.78 is 32.0. The summed E-state index contributed by atoms with van der Waals surface area (Å²) in [5, 5.41) is 8.14. The predicted molar refractivity (Wildman–Crippen MR) is 67.9 cm³/mol. The van der Waals surface area contributed by atoms with Gasteiger partial charge in [0.15, 0.2) is 0 Å². The van der Waals surface area contributed by atoms with E-state index in [1.807, 2.05) is 24.3 Å². The number of benzene rings is 1. The first-order valence-electron chi connectivity index (χ1n) is 5.88. The second kappa shape index (κ2) is 5.26. The van der Waals surface area contributed by atoms with Gasteiger partial charge >= 0.3 is 0 Å². The molecule has 100 valence electrons. The van der Waals surface area contributed by atoms with Crippen LogP contribution in [-0.2, 0) is 10.0 Å². The highest BCUT2D eigenvalue weighted by atomic mass is 32.2. The highest BCUT2D eigenvalue weighted by Crippen LogP contribution is 2.32. The molecular weight excluding hydrogens is 254 g/mol. The van der Waals surface area contributed by atoms with Gasteiger partial charge in [-0.3, -0.25) is 0 Å². The predicted octanol–water partition coefficient (Wildman–Crippen LogP) is 0.810. The molecule has 1 aromatic carbocycles. The number of ether oxygens (including phenoxy) is 1. The van der Waals surface area contributed by atoms with Crippen LogP contribution in [-0.4, -0.2) is 32.0 Å². The zero-order valence-corrected chi connectivity index (χ0v) is 11.0. The van der Waals surface area contributed by atoms with Crippen molar-refractivity contribution in [2.24, 2.45) is 0 Å². The van der Waals surface area contributed by atoms with Crippen LogP contribution in [0.15, 0.2) is 24.3 Å². The molecule has 1 aromatic rings. The second-order valence-electron chi connectivity index (χ2n) is 4.38. The van der Waals surface area contributed by atoms with Crippen molar-refractivity contribution in [1.82, 2.24) is 4.72 Å². The summed E-state index contributed by atoms with van der Waals surface area (Å²) in [4.78, 5) is 0. The smallest absolute Gasteiger partial charge is 0.217 e. The molecule has 0 saturated heterocycles. The molecule has 0 spiro atoms. The van der Waals surface area contributed by atoms with Gasteiger partial charge in [-0.15, -0.1) is 0 Å². The van der Waals surface area contributed by atoms with Crippen LogP contribution in [0.5, 0.6) is 5.75 Å². The molecule has 1 heterocycles. The van der Waals surface area contributed by atoms with E-state index in [1.165, 1.54) is 6.92 Å². The van der Waals surface area contributed by atoms with Gasteiger partial charge in [0.05, 0.1) is 24.5 Å². The lowest BCUT2D eigenvalue weighted by atomic mass is 10.0. The average molecular weight is 271 g/mol. The maximum atomic E-state index is 11.9. The summed E-state index contributed by atoms with van der Waals surface area (Å²) in [7, 11) is -3.51. The van der Waals surface area contributed by atoms with E-state index < -0.39 is 15.3 Å². The Labute approximate surface area is 107 Å². The first kappa shape index (κ1) is 13.3. The van der Waals surface area contributed by atoms with Crippen molar-refractivity contribution >= 4 is 10.0 Å². The van der Waals surface area contributed by atoms with Gasteiger partial charge in [0.25, 0.3) is 0 Å². The Bertz CT molecular complexity index is 515. The van der Waals surface area contributed by atoms with Crippen LogP contribution in [0.2, 0.25) is 0 Å². The third kappa shape index (κ3) is 2.66. The Morgan fingerprint density at radius 3 is 2.94 bits per heavy atom. The molecular formula is C12H17NO4S. The van der Waals surface area contributed by atoms with Crippen molar-refractivity contribution in [3.05, 3.63) is 29.8 Å². The van der Waals surface area contributed by atoms with Crippen LogP contribution in [0.4, 0.5) is 0 Å². The fourth-order valence-electron chi connectivity index (χ4n) is 1.88. The van der Waals surface area contributed by atoms with Crippen molar-refractivity contribution in [3.63, 3.8) is 0 Å². The van der Waals surface area contributed by atoms with Crippen LogP contribution in [0, 0.1) is 0 Å². The van der Waals surface area contributed by atoms with Crippen LogP contribution < -0.4 is 9.46 Å². The molecule has 0 bridgehead atoms. The van der Waals surface area contributed by atoms with Crippen LogP contribution in [0.1, 0.15) is 24.9 Å². The van der Waals surface area contributed by atoms with Gasteiger partial charge in [-0.2, -0.15) is 0 Å². The molecule has 2 N–H and O–H groups in total. The van der Waals surface area contributed by atoms with Crippen molar-refractivity contribution < 1.29 is 18.3 Å². The number of aliphatic hydroxyl groups excluding tert-OH is 1. The Morgan fingerprint density at radius 2 is 2.22 bits per heavy atom. The summed E-state index contributed by atoms with van der Waals surface area (Å²) in [6.07, 6.45) is 0.592. The number of para-hydroxylation sites is 1. The lowest BCUT2D eigenvalue weighted by Crippen LogP contribution is -2.38. The standard InChI is InChI=1S/C12H17NO4S/c1-9(8-14)18(15,16)13-11-6-7-17-12-5-3-2-4-10(11)12/h2-5,9,11,13-14H,6-8H2,1H3. The molecule has 0 saturated carbocycles. The molecule has 2 rings (SSSR count). The van der Waals surface area contributed by atoms with Gasteiger partial charge in [-0.05, 0) is 13.0 Å². The Balaban J connectivity index is 2.22. The number of sulfonamides is 1. The SMILES string of the molecule is CC(CO)S(=O)(=O)NC1CCOc2ccccc21. The summed E-state index contributed by atoms with van der Waals surface area (Å²) in [6, 6.07) is 7.10. The molecule has 0 radical (unpaired) electrons. The van der Waals surface area contributed by atoms with Crippen molar-refractivity contribution in [3.8, 4) is 5.75 Å². The first-order chi connectivity index (χ1) is 8.54. The number of rotatable bonds is 4. The minimum atomic E-state index is -3.51. The minimum Gasteiger partial charge on any atom is -0.493 e. The van der Waals surface area contributed by atoms with E-state index in [1.54, 1.807) is 0 Å². The van der Waals surface area contributed by atoms with E-state index in [2.05, 4.69) is 4.72 Å². The molecule has 6 heteroatoms. The van der Waals surface area contributed by atoms with Crippen molar-refractivity contribution in [1.29, 1.82) is 0 Å². The molecule has 2 atom stereocenters. The van der Waals surface area contributed by atoms with Crippen LogP contribution >= 0.6 is 0 Å². The quantitative estimate of drug-likeness (QED) is 0.849. The van der Waals surface area contributed by atoms with E-state index in [4.69, 9.17) is 9.84 Å². The monoisotopic (exact) mass is 271 g/mol. The third-order valence-electron chi connectivity index (χ3n) is 3.05. The Kier molecular flexibility index (Phi) is 3.89. The zero-order valence-electron chi connectivity index (χ0n) is 10.2. The molecule has 1 aliphatic heterocycles. The third-order valence-corrected chi connectivity index (χ3v) is 4.87. The van der Waals surface area contributed by atoms with Gasteiger partial charge < -0.3 is 9.84 Å². The van der Waals surface area contributed by atoms with Gasteiger partial charge in [0.1, 0.15) is 5.75 Å². The lowest BCUT2D eigenvalue weighted by Gasteiger charge is -2.27. The summed E-state index contributed by atoms with van der Waals surface area (Å²) >= 11 is 0. The largest absolute Gasteiger partial charge is 0.493 e. The fraction of sp³-hybridized carbons (Fsp3) is 0.500. The molecule has 18 heavy (non-hydrogen) atoms. The van der Waals surface area contributed by atoms with Crippen molar-refractivity contribution in [2.75, 3.05) is 13.2 Å². The number of nitrogens with one attached hydrogen (secondary N) is 1. The Morgan fingerprint density at radius 1 is 1.50 bits per heavy atom.